The molecule has 0 fully saturated rings. The predicted molar refractivity (Wildman–Crippen MR) is 81.7 cm³/mol. The highest BCUT2D eigenvalue weighted by molar-refractivity contribution is 9.10. The van der Waals surface area contributed by atoms with Gasteiger partial charge in [0.1, 0.15) is 5.75 Å². The van der Waals surface area contributed by atoms with Gasteiger partial charge in [-0.2, -0.15) is 0 Å². The summed E-state index contributed by atoms with van der Waals surface area (Å²) in [7, 11) is 0. The number of ether oxygens (including phenoxy) is 1. The van der Waals surface area contributed by atoms with Gasteiger partial charge in [0, 0.05) is 14.9 Å². The molecule has 0 radical (unpaired) electrons. The number of aliphatic hydroxyl groups excluding tert-OH is 1. The Morgan fingerprint density at radius 2 is 2.25 bits per heavy atom. The molecule has 0 saturated heterocycles. The van der Waals surface area contributed by atoms with Crippen LogP contribution in [-0.4, -0.2) is 17.6 Å². The molecule has 0 aliphatic heterocycles. The number of thiophene rings is 1. The largest absolute Gasteiger partial charge is 0.483 e. The lowest BCUT2D eigenvalue weighted by atomic mass is 10.2. The fraction of sp³-hybridized carbons (Fsp3) is 0.214. The molecule has 0 aliphatic carbocycles. The summed E-state index contributed by atoms with van der Waals surface area (Å²) in [5.41, 5.74) is 0.644. The third-order valence-corrected chi connectivity index (χ3v) is 3.96. The van der Waals surface area contributed by atoms with E-state index in [0.717, 1.165) is 9.35 Å². The van der Waals surface area contributed by atoms with Crippen LogP contribution in [0.1, 0.15) is 10.4 Å². The molecule has 2 N–H and O–H groups in total. The van der Waals surface area contributed by atoms with Crippen molar-refractivity contribution in [2.75, 3.05) is 6.61 Å². The molecule has 0 bridgehead atoms. The molecule has 4 nitrogen and oxygen atoms in total. The summed E-state index contributed by atoms with van der Waals surface area (Å²) in [6.07, 6.45) is 0. The summed E-state index contributed by atoms with van der Waals surface area (Å²) >= 11 is 4.91. The Labute approximate surface area is 129 Å². The van der Waals surface area contributed by atoms with E-state index in [0.29, 0.717) is 17.9 Å². The molecule has 0 aliphatic rings. The van der Waals surface area contributed by atoms with Crippen molar-refractivity contribution in [3.05, 3.63) is 50.6 Å². The van der Waals surface area contributed by atoms with Gasteiger partial charge in [-0.25, -0.2) is 0 Å². The second kappa shape index (κ2) is 7.42. The molecule has 20 heavy (non-hydrogen) atoms. The molecule has 106 valence electrons. The third kappa shape index (κ3) is 4.33. The molecule has 1 aromatic heterocycles. The average Bonchev–Trinajstić information content (AvgIpc) is 2.97. The molecule has 6 heteroatoms. The van der Waals surface area contributed by atoms with Gasteiger partial charge in [-0.1, -0.05) is 22.0 Å². The standard InChI is InChI=1S/C14H14BrNO3S/c15-11-3-4-13(10(6-11)8-17)19-9-14(18)16-7-12-2-1-5-20-12/h1-6,17H,7-9H2,(H,16,18). The molecule has 0 unspecified atom stereocenters. The Hall–Kier alpha value is -1.37. The van der Waals surface area contributed by atoms with Crippen molar-refractivity contribution < 1.29 is 14.6 Å². The van der Waals surface area contributed by atoms with E-state index >= 15 is 0 Å². The number of aliphatic hydroxyl groups is 1. The van der Waals surface area contributed by atoms with E-state index in [1.54, 1.807) is 29.5 Å². The first-order valence-corrected chi connectivity index (χ1v) is 7.67. The van der Waals surface area contributed by atoms with Crippen molar-refractivity contribution in [1.29, 1.82) is 0 Å². The Morgan fingerprint density at radius 3 is 2.95 bits per heavy atom. The number of amides is 1. The van der Waals surface area contributed by atoms with Crippen LogP contribution in [0.2, 0.25) is 0 Å². The SMILES string of the molecule is O=C(COc1ccc(Br)cc1CO)NCc1cccs1. The van der Waals surface area contributed by atoms with E-state index in [1.807, 2.05) is 17.5 Å². The number of rotatable bonds is 6. The van der Waals surface area contributed by atoms with E-state index in [4.69, 9.17) is 4.74 Å². The van der Waals surface area contributed by atoms with E-state index < -0.39 is 0 Å². The van der Waals surface area contributed by atoms with Crippen molar-refractivity contribution in [2.45, 2.75) is 13.2 Å². The van der Waals surface area contributed by atoms with Crippen LogP contribution in [0.3, 0.4) is 0 Å². The summed E-state index contributed by atoms with van der Waals surface area (Å²) in [6, 6.07) is 9.20. The molecule has 0 atom stereocenters. The fourth-order valence-corrected chi connectivity index (χ4v) is 2.66. The lowest BCUT2D eigenvalue weighted by Gasteiger charge is -2.10. The number of nitrogens with one attached hydrogen (secondary N) is 1. The maximum atomic E-state index is 11.7. The van der Waals surface area contributed by atoms with Gasteiger partial charge in [0.05, 0.1) is 13.2 Å². The zero-order valence-corrected chi connectivity index (χ0v) is 13.0. The van der Waals surface area contributed by atoms with Gasteiger partial charge in [0.2, 0.25) is 0 Å². The maximum absolute atomic E-state index is 11.7. The molecule has 2 aromatic rings. The van der Waals surface area contributed by atoms with E-state index in [2.05, 4.69) is 21.2 Å². The van der Waals surface area contributed by atoms with Gasteiger partial charge in [0.25, 0.3) is 5.91 Å². The van der Waals surface area contributed by atoms with Gasteiger partial charge in [-0.05, 0) is 29.6 Å². The highest BCUT2D eigenvalue weighted by Crippen LogP contribution is 2.23. The van der Waals surface area contributed by atoms with Crippen LogP contribution < -0.4 is 10.1 Å². The van der Waals surface area contributed by atoms with Crippen LogP contribution in [0.25, 0.3) is 0 Å². The normalized spacial score (nSPS) is 10.3. The lowest BCUT2D eigenvalue weighted by Crippen LogP contribution is -2.28. The van der Waals surface area contributed by atoms with Gasteiger partial charge < -0.3 is 15.2 Å². The summed E-state index contributed by atoms with van der Waals surface area (Å²) in [6.45, 7) is 0.304. The predicted octanol–water partition coefficient (Wildman–Crippen LogP) is 2.70. The first kappa shape index (κ1) is 15.0. The Kier molecular flexibility index (Phi) is 5.58. The Morgan fingerprint density at radius 1 is 1.40 bits per heavy atom. The number of carbonyl (C=O) groups is 1. The van der Waals surface area contributed by atoms with Crippen LogP contribution in [0.4, 0.5) is 0 Å². The van der Waals surface area contributed by atoms with Crippen molar-refractivity contribution in [3.63, 3.8) is 0 Å². The second-order valence-corrected chi connectivity index (χ2v) is 6.00. The zero-order chi connectivity index (χ0) is 14.4. The van der Waals surface area contributed by atoms with Crippen molar-refractivity contribution in [2.24, 2.45) is 0 Å². The molecule has 1 aromatic carbocycles. The van der Waals surface area contributed by atoms with Crippen LogP contribution >= 0.6 is 27.3 Å². The summed E-state index contributed by atoms with van der Waals surface area (Å²) in [5.74, 6) is 0.326. The lowest BCUT2D eigenvalue weighted by molar-refractivity contribution is -0.123. The molecule has 0 spiro atoms. The molecule has 1 heterocycles. The highest BCUT2D eigenvalue weighted by Gasteiger charge is 2.07. The quantitative estimate of drug-likeness (QED) is 0.837. The summed E-state index contributed by atoms with van der Waals surface area (Å²) < 4.78 is 6.28. The Bertz CT molecular complexity index is 572. The van der Waals surface area contributed by atoms with Gasteiger partial charge in [-0.15, -0.1) is 11.3 Å². The monoisotopic (exact) mass is 355 g/mol. The van der Waals surface area contributed by atoms with Crippen LogP contribution in [0.15, 0.2) is 40.2 Å². The first-order valence-electron chi connectivity index (χ1n) is 6.00. The average molecular weight is 356 g/mol. The van der Waals surface area contributed by atoms with Crippen molar-refractivity contribution >= 4 is 33.2 Å². The minimum absolute atomic E-state index is 0.0694. The minimum atomic E-state index is -0.190. The number of hydrogen-bond acceptors (Lipinski definition) is 4. The fourth-order valence-electron chi connectivity index (χ4n) is 1.61. The molecule has 1 amide bonds. The minimum Gasteiger partial charge on any atom is -0.483 e. The number of benzene rings is 1. The summed E-state index contributed by atoms with van der Waals surface area (Å²) in [5, 5.41) is 14.0. The maximum Gasteiger partial charge on any atom is 0.258 e. The molecular formula is C14H14BrNO3S. The zero-order valence-electron chi connectivity index (χ0n) is 10.6. The third-order valence-electron chi connectivity index (χ3n) is 2.59. The molecular weight excluding hydrogens is 342 g/mol. The van der Waals surface area contributed by atoms with E-state index in [-0.39, 0.29) is 19.1 Å². The highest BCUT2D eigenvalue weighted by atomic mass is 79.9. The van der Waals surface area contributed by atoms with Crippen LogP contribution in [0.5, 0.6) is 5.75 Å². The van der Waals surface area contributed by atoms with Gasteiger partial charge in [-0.3, -0.25) is 4.79 Å². The van der Waals surface area contributed by atoms with Crippen LogP contribution in [0, 0.1) is 0 Å². The van der Waals surface area contributed by atoms with Gasteiger partial charge in [0.15, 0.2) is 6.61 Å². The van der Waals surface area contributed by atoms with Gasteiger partial charge >= 0.3 is 0 Å². The first-order chi connectivity index (χ1) is 9.69. The molecule has 2 rings (SSSR count). The van der Waals surface area contributed by atoms with Crippen molar-refractivity contribution in [1.82, 2.24) is 5.32 Å². The second-order valence-electron chi connectivity index (χ2n) is 4.05. The van der Waals surface area contributed by atoms with E-state index in [9.17, 15) is 9.90 Å². The number of halogens is 1. The number of carbonyl (C=O) groups excluding carboxylic acids is 1. The smallest absolute Gasteiger partial charge is 0.258 e. The molecule has 0 saturated carbocycles. The van der Waals surface area contributed by atoms with E-state index in [1.165, 1.54) is 0 Å². The Balaban J connectivity index is 1.84. The number of hydrogen-bond donors (Lipinski definition) is 2. The van der Waals surface area contributed by atoms with Crippen LogP contribution in [-0.2, 0) is 17.9 Å². The topological polar surface area (TPSA) is 58.6 Å². The van der Waals surface area contributed by atoms with Crippen molar-refractivity contribution in [3.8, 4) is 5.75 Å². The summed E-state index contributed by atoms with van der Waals surface area (Å²) in [4.78, 5) is 12.8.